The zero-order chi connectivity index (χ0) is 19.6. The van der Waals surface area contributed by atoms with E-state index in [0.29, 0.717) is 12.1 Å². The number of hydrogen-bond donors (Lipinski definition) is 1. The number of nitrogens with zero attached hydrogens (tertiary/aromatic N) is 5. The first-order valence-electron chi connectivity index (χ1n) is 10.3. The molecule has 148 valence electrons. The second-order valence-corrected chi connectivity index (χ2v) is 7.69. The average molecular weight is 388 g/mol. The number of benzene rings is 1. The summed E-state index contributed by atoms with van der Waals surface area (Å²) in [7, 11) is 0. The number of fused-ring (bicyclic) bond motifs is 1. The summed E-state index contributed by atoms with van der Waals surface area (Å²) in [6.07, 6.45) is 5.73. The molecular weight excluding hydrogens is 364 g/mol. The first kappa shape index (κ1) is 17.8. The van der Waals surface area contributed by atoms with Crippen molar-refractivity contribution in [2.24, 2.45) is 0 Å². The quantitative estimate of drug-likeness (QED) is 0.744. The standard InChI is InChI=1S/C22H24N6O/c29-22(18-9-6-12-23-21(18)27-13-4-5-14-27)24-17-10-11-19-25-26-20(28(19)15-17)16-7-2-1-3-8-16/h1-3,6-9,12,17H,4-5,10-11,13-15H2,(H,24,29)/t17-/m0/s1. The summed E-state index contributed by atoms with van der Waals surface area (Å²) in [4.78, 5) is 19.8. The van der Waals surface area contributed by atoms with Gasteiger partial charge < -0.3 is 14.8 Å². The lowest BCUT2D eigenvalue weighted by atomic mass is 10.1. The largest absolute Gasteiger partial charge is 0.356 e. The van der Waals surface area contributed by atoms with Crippen LogP contribution in [0.4, 0.5) is 5.82 Å². The predicted molar refractivity (Wildman–Crippen MR) is 111 cm³/mol. The fraction of sp³-hybridized carbons (Fsp3) is 0.364. The maximum atomic E-state index is 13.1. The van der Waals surface area contributed by atoms with Crippen LogP contribution in [0.1, 0.15) is 35.4 Å². The zero-order valence-corrected chi connectivity index (χ0v) is 16.3. The van der Waals surface area contributed by atoms with Gasteiger partial charge in [-0.1, -0.05) is 30.3 Å². The van der Waals surface area contributed by atoms with E-state index >= 15 is 0 Å². The molecule has 7 nitrogen and oxygen atoms in total. The van der Waals surface area contributed by atoms with Crippen molar-refractivity contribution in [1.82, 2.24) is 25.1 Å². The normalized spacial score (nSPS) is 18.5. The summed E-state index contributed by atoms with van der Waals surface area (Å²) in [5, 5.41) is 12.0. The van der Waals surface area contributed by atoms with E-state index in [4.69, 9.17) is 0 Å². The number of anilines is 1. The van der Waals surface area contributed by atoms with Crippen LogP contribution in [0.2, 0.25) is 0 Å². The third-order valence-corrected chi connectivity index (χ3v) is 5.75. The summed E-state index contributed by atoms with van der Waals surface area (Å²) in [5.74, 6) is 2.59. The number of aromatic nitrogens is 4. The van der Waals surface area contributed by atoms with Gasteiger partial charge in [0.2, 0.25) is 0 Å². The molecule has 2 aromatic heterocycles. The van der Waals surface area contributed by atoms with Crippen LogP contribution in [0.3, 0.4) is 0 Å². The van der Waals surface area contributed by atoms with Gasteiger partial charge in [-0.3, -0.25) is 4.79 Å². The molecule has 0 aliphatic carbocycles. The second kappa shape index (κ2) is 7.66. The monoisotopic (exact) mass is 388 g/mol. The Hall–Kier alpha value is -3.22. The van der Waals surface area contributed by atoms with Crippen molar-refractivity contribution >= 4 is 11.7 Å². The highest BCUT2D eigenvalue weighted by molar-refractivity contribution is 5.99. The molecule has 0 saturated carbocycles. The van der Waals surface area contributed by atoms with Gasteiger partial charge in [0, 0.05) is 43.9 Å². The van der Waals surface area contributed by atoms with Gasteiger partial charge in [0.1, 0.15) is 11.6 Å². The van der Waals surface area contributed by atoms with E-state index in [0.717, 1.165) is 61.8 Å². The van der Waals surface area contributed by atoms with Crippen molar-refractivity contribution in [3.8, 4) is 11.4 Å². The van der Waals surface area contributed by atoms with Crippen molar-refractivity contribution < 1.29 is 4.79 Å². The molecule has 1 aromatic carbocycles. The molecule has 1 amide bonds. The molecule has 1 fully saturated rings. The Morgan fingerprint density at radius 1 is 1.03 bits per heavy atom. The maximum absolute atomic E-state index is 13.1. The van der Waals surface area contributed by atoms with Crippen LogP contribution in [0, 0.1) is 0 Å². The average Bonchev–Trinajstić information content (AvgIpc) is 3.44. The van der Waals surface area contributed by atoms with Gasteiger partial charge in [-0.25, -0.2) is 4.98 Å². The van der Waals surface area contributed by atoms with Crippen molar-refractivity contribution in [2.45, 2.75) is 38.3 Å². The van der Waals surface area contributed by atoms with Crippen LogP contribution < -0.4 is 10.2 Å². The first-order chi connectivity index (χ1) is 14.3. The SMILES string of the molecule is O=C(N[C@H]1CCc2nnc(-c3ccccc3)n2C1)c1cccnc1N1CCCC1. The summed E-state index contributed by atoms with van der Waals surface area (Å²) >= 11 is 0. The molecule has 4 heterocycles. The number of amides is 1. The maximum Gasteiger partial charge on any atom is 0.255 e. The molecule has 1 atom stereocenters. The number of nitrogens with one attached hydrogen (secondary N) is 1. The number of carbonyl (C=O) groups is 1. The number of pyridine rings is 1. The van der Waals surface area contributed by atoms with Crippen LogP contribution in [0.15, 0.2) is 48.7 Å². The molecule has 1 N–H and O–H groups in total. The van der Waals surface area contributed by atoms with Gasteiger partial charge >= 0.3 is 0 Å². The number of aryl methyl sites for hydroxylation is 1. The van der Waals surface area contributed by atoms with Gasteiger partial charge in [-0.2, -0.15) is 0 Å². The van der Waals surface area contributed by atoms with Crippen molar-refractivity contribution in [3.63, 3.8) is 0 Å². The van der Waals surface area contributed by atoms with Crippen LogP contribution in [-0.4, -0.2) is 44.8 Å². The molecule has 1 saturated heterocycles. The van der Waals surface area contributed by atoms with E-state index in [1.54, 1.807) is 6.20 Å². The first-order valence-corrected chi connectivity index (χ1v) is 10.3. The van der Waals surface area contributed by atoms with Crippen LogP contribution in [0.25, 0.3) is 11.4 Å². The van der Waals surface area contributed by atoms with Gasteiger partial charge in [0.05, 0.1) is 5.56 Å². The highest BCUT2D eigenvalue weighted by Gasteiger charge is 2.27. The smallest absolute Gasteiger partial charge is 0.255 e. The van der Waals surface area contributed by atoms with Gasteiger partial charge in [0.25, 0.3) is 5.91 Å². The summed E-state index contributed by atoms with van der Waals surface area (Å²) < 4.78 is 2.13. The molecule has 29 heavy (non-hydrogen) atoms. The minimum Gasteiger partial charge on any atom is -0.356 e. The Labute approximate surface area is 169 Å². The summed E-state index contributed by atoms with van der Waals surface area (Å²) in [5.41, 5.74) is 1.70. The van der Waals surface area contributed by atoms with E-state index in [2.05, 4.69) is 30.0 Å². The predicted octanol–water partition coefficient (Wildman–Crippen LogP) is 2.69. The number of rotatable bonds is 4. The van der Waals surface area contributed by atoms with Crippen LogP contribution in [0.5, 0.6) is 0 Å². The molecule has 7 heteroatoms. The van der Waals surface area contributed by atoms with Crippen LogP contribution >= 0.6 is 0 Å². The van der Waals surface area contributed by atoms with Crippen molar-refractivity contribution in [1.29, 1.82) is 0 Å². The fourth-order valence-electron chi connectivity index (χ4n) is 4.26. The lowest BCUT2D eigenvalue weighted by Crippen LogP contribution is -2.41. The number of hydrogen-bond acceptors (Lipinski definition) is 5. The lowest BCUT2D eigenvalue weighted by Gasteiger charge is -2.26. The fourth-order valence-corrected chi connectivity index (χ4v) is 4.26. The third-order valence-electron chi connectivity index (χ3n) is 5.75. The number of carbonyl (C=O) groups excluding carboxylic acids is 1. The molecular formula is C22H24N6O. The van der Waals surface area contributed by atoms with Gasteiger partial charge in [0.15, 0.2) is 5.82 Å². The summed E-state index contributed by atoms with van der Waals surface area (Å²) in [6.45, 7) is 2.61. The van der Waals surface area contributed by atoms with Gasteiger partial charge in [-0.05, 0) is 31.4 Å². The molecule has 2 aliphatic heterocycles. The van der Waals surface area contributed by atoms with Crippen molar-refractivity contribution in [3.05, 3.63) is 60.0 Å². The molecule has 5 rings (SSSR count). The Morgan fingerprint density at radius 2 is 1.86 bits per heavy atom. The van der Waals surface area contributed by atoms with E-state index in [1.165, 1.54) is 0 Å². The molecule has 0 bridgehead atoms. The minimum atomic E-state index is -0.0530. The Morgan fingerprint density at radius 3 is 2.69 bits per heavy atom. The van der Waals surface area contributed by atoms with E-state index < -0.39 is 0 Å². The van der Waals surface area contributed by atoms with Crippen LogP contribution in [-0.2, 0) is 13.0 Å². The summed E-state index contributed by atoms with van der Waals surface area (Å²) in [6, 6.07) is 13.8. The minimum absolute atomic E-state index is 0.0418. The lowest BCUT2D eigenvalue weighted by molar-refractivity contribution is 0.0928. The van der Waals surface area contributed by atoms with E-state index in [1.807, 2.05) is 42.5 Å². The Balaban J connectivity index is 1.35. The Kier molecular flexibility index (Phi) is 4.71. The third kappa shape index (κ3) is 3.48. The van der Waals surface area contributed by atoms with E-state index in [9.17, 15) is 4.79 Å². The molecule has 2 aliphatic rings. The molecule has 0 unspecified atom stereocenters. The Bertz CT molecular complexity index is 1010. The van der Waals surface area contributed by atoms with E-state index in [-0.39, 0.29) is 11.9 Å². The second-order valence-electron chi connectivity index (χ2n) is 7.69. The zero-order valence-electron chi connectivity index (χ0n) is 16.3. The highest BCUT2D eigenvalue weighted by atomic mass is 16.1. The molecule has 3 aromatic rings. The topological polar surface area (TPSA) is 75.9 Å². The van der Waals surface area contributed by atoms with Gasteiger partial charge in [-0.15, -0.1) is 10.2 Å². The molecule has 0 spiro atoms. The molecule has 0 radical (unpaired) electrons. The van der Waals surface area contributed by atoms with Crippen molar-refractivity contribution in [2.75, 3.05) is 18.0 Å². The highest BCUT2D eigenvalue weighted by Crippen LogP contribution is 2.25.